The molecular formula is C28H20BBrFNO7. The number of phenols is 1. The second-order valence-corrected chi connectivity index (χ2v) is 10.9. The van der Waals surface area contributed by atoms with Crippen LogP contribution in [0.2, 0.25) is 0 Å². The molecule has 4 aliphatic rings. The van der Waals surface area contributed by atoms with Gasteiger partial charge < -0.3 is 15.2 Å². The molecule has 11 heteroatoms. The maximum atomic E-state index is 14.5. The lowest BCUT2D eigenvalue weighted by Gasteiger charge is -2.42. The second-order valence-electron chi connectivity index (χ2n) is 10.1. The number of ketones is 2. The third-order valence-electron chi connectivity index (χ3n) is 8.09. The van der Waals surface area contributed by atoms with Gasteiger partial charge in [-0.15, -0.1) is 0 Å². The van der Waals surface area contributed by atoms with Crippen LogP contribution in [0.1, 0.15) is 24.3 Å². The zero-order chi connectivity index (χ0) is 27.7. The summed E-state index contributed by atoms with van der Waals surface area (Å²) in [5.41, 5.74) is 1.27. The molecule has 4 unspecified atom stereocenters. The highest BCUT2D eigenvalue weighted by Gasteiger charge is 2.57. The topological polar surface area (TPSA) is 132 Å². The van der Waals surface area contributed by atoms with Crippen LogP contribution in [-0.4, -0.2) is 45.7 Å². The lowest BCUT2D eigenvalue weighted by atomic mass is 9.59. The number of fused-ring (bicyclic) bond motifs is 3. The van der Waals surface area contributed by atoms with Crippen molar-refractivity contribution in [3.05, 3.63) is 87.2 Å². The summed E-state index contributed by atoms with van der Waals surface area (Å²) in [6.45, 7) is 0. The Balaban J connectivity index is 1.49. The summed E-state index contributed by atoms with van der Waals surface area (Å²) in [5, 5.41) is 29.8. The number of nitrogens with zero attached hydrogens (tertiary/aromatic N) is 1. The first-order valence-corrected chi connectivity index (χ1v) is 13.1. The Labute approximate surface area is 230 Å². The second kappa shape index (κ2) is 9.22. The van der Waals surface area contributed by atoms with Crippen LogP contribution in [0.25, 0.3) is 0 Å². The molecule has 3 N–H and O–H groups in total. The quantitative estimate of drug-likeness (QED) is 0.216. The van der Waals surface area contributed by atoms with Gasteiger partial charge in [-0.1, -0.05) is 35.9 Å². The summed E-state index contributed by atoms with van der Waals surface area (Å²) in [6.07, 6.45) is 3.10. The molecule has 39 heavy (non-hydrogen) atoms. The SMILES string of the molecule is O=C1C=C(Br)C(=O)C2=C1C(c1cccc(F)c1O)C1=CCC3C(=O)N(c4cccc(B(O)O)c4)C(=O)C3C1C2. The summed E-state index contributed by atoms with van der Waals surface area (Å²) in [5.74, 6) is -6.67. The molecule has 3 aliphatic carbocycles. The molecule has 1 aliphatic heterocycles. The molecule has 0 radical (unpaired) electrons. The number of rotatable bonds is 3. The molecule has 0 aromatic heterocycles. The number of imide groups is 1. The van der Waals surface area contributed by atoms with E-state index in [2.05, 4.69) is 15.9 Å². The molecule has 8 nitrogen and oxygen atoms in total. The highest BCUT2D eigenvalue weighted by Crippen LogP contribution is 2.56. The molecule has 2 aromatic rings. The minimum absolute atomic E-state index is 0.0185. The normalized spacial score (nSPS) is 26.2. The van der Waals surface area contributed by atoms with Gasteiger partial charge in [0.1, 0.15) is 0 Å². The molecule has 0 spiro atoms. The fraction of sp³-hybridized carbons (Fsp3) is 0.214. The van der Waals surface area contributed by atoms with Crippen LogP contribution in [0.15, 0.2) is 75.8 Å². The van der Waals surface area contributed by atoms with Gasteiger partial charge in [0.25, 0.3) is 0 Å². The van der Waals surface area contributed by atoms with E-state index < -0.39 is 65.7 Å². The van der Waals surface area contributed by atoms with E-state index >= 15 is 0 Å². The van der Waals surface area contributed by atoms with E-state index in [0.29, 0.717) is 5.57 Å². The number of carbonyl (C=O) groups excluding carboxylic acids is 4. The van der Waals surface area contributed by atoms with Gasteiger partial charge in [0.2, 0.25) is 11.8 Å². The zero-order valence-corrected chi connectivity index (χ0v) is 21.8. The van der Waals surface area contributed by atoms with Crippen molar-refractivity contribution in [3.63, 3.8) is 0 Å². The number of anilines is 1. The molecule has 196 valence electrons. The number of hydrogen-bond donors (Lipinski definition) is 3. The highest BCUT2D eigenvalue weighted by atomic mass is 79.9. The summed E-state index contributed by atoms with van der Waals surface area (Å²) in [6, 6.07) is 9.80. The van der Waals surface area contributed by atoms with Crippen molar-refractivity contribution in [2.45, 2.75) is 18.8 Å². The van der Waals surface area contributed by atoms with Crippen molar-refractivity contribution in [2.75, 3.05) is 4.90 Å². The molecule has 6 rings (SSSR count). The summed E-state index contributed by atoms with van der Waals surface area (Å²) < 4.78 is 14.5. The smallest absolute Gasteiger partial charge is 0.488 e. The molecule has 1 fully saturated rings. The maximum Gasteiger partial charge on any atom is 0.488 e. The monoisotopic (exact) mass is 591 g/mol. The van der Waals surface area contributed by atoms with Gasteiger partial charge in [-0.05, 0) is 58.4 Å². The number of carbonyl (C=O) groups is 4. The first kappa shape index (κ1) is 25.6. The first-order chi connectivity index (χ1) is 18.6. The minimum atomic E-state index is -1.79. The number of aromatic hydroxyl groups is 1. The van der Waals surface area contributed by atoms with Gasteiger partial charge in [0, 0.05) is 28.7 Å². The van der Waals surface area contributed by atoms with Gasteiger partial charge in [0.05, 0.1) is 22.0 Å². The summed E-state index contributed by atoms with van der Waals surface area (Å²) in [4.78, 5) is 54.9. The number of amides is 2. The van der Waals surface area contributed by atoms with E-state index in [9.17, 15) is 38.7 Å². The highest BCUT2D eigenvalue weighted by molar-refractivity contribution is 9.12. The van der Waals surface area contributed by atoms with Gasteiger partial charge in [-0.25, -0.2) is 4.39 Å². The van der Waals surface area contributed by atoms with E-state index in [1.54, 1.807) is 6.08 Å². The zero-order valence-electron chi connectivity index (χ0n) is 20.2. The minimum Gasteiger partial charge on any atom is -0.505 e. The molecule has 4 atom stereocenters. The predicted octanol–water partition coefficient (Wildman–Crippen LogP) is 2.18. The fourth-order valence-corrected chi connectivity index (χ4v) is 6.85. The van der Waals surface area contributed by atoms with E-state index in [4.69, 9.17) is 0 Å². The van der Waals surface area contributed by atoms with Crippen molar-refractivity contribution in [3.8, 4) is 5.75 Å². The molecule has 2 amide bonds. The van der Waals surface area contributed by atoms with Crippen molar-refractivity contribution in [1.29, 1.82) is 0 Å². The maximum absolute atomic E-state index is 14.5. The molecule has 0 saturated carbocycles. The largest absolute Gasteiger partial charge is 0.505 e. The molecule has 1 heterocycles. The third kappa shape index (κ3) is 3.79. The molecule has 1 saturated heterocycles. The van der Waals surface area contributed by atoms with Crippen molar-refractivity contribution < 1.29 is 38.7 Å². The summed E-state index contributed by atoms with van der Waals surface area (Å²) in [7, 11) is -1.79. The number of allylic oxidation sites excluding steroid dienone is 6. The van der Waals surface area contributed by atoms with Crippen LogP contribution in [-0.2, 0) is 19.2 Å². The Hall–Kier alpha value is -3.67. The number of halogens is 2. The average molecular weight is 592 g/mol. The van der Waals surface area contributed by atoms with E-state index in [0.717, 1.165) is 17.0 Å². The summed E-state index contributed by atoms with van der Waals surface area (Å²) >= 11 is 3.15. The predicted molar refractivity (Wildman–Crippen MR) is 141 cm³/mol. The standard InChI is InChI=1S/C28H20BBrFNO7/c30-19-11-21(33)24-18(25(19)34)10-17-14(22(24)15-5-2-6-20(31)26(15)35)7-8-16-23(17)28(37)32(27(16)36)13-4-1-3-12(9-13)29(38)39/h1-7,9,11,16-17,22-23,35,38-39H,8,10H2. The van der Waals surface area contributed by atoms with Crippen molar-refractivity contribution in [1.82, 2.24) is 0 Å². The van der Waals surface area contributed by atoms with Crippen LogP contribution in [0.5, 0.6) is 5.75 Å². The van der Waals surface area contributed by atoms with E-state index in [1.807, 2.05) is 0 Å². The Morgan fingerprint density at radius 3 is 2.49 bits per heavy atom. The van der Waals surface area contributed by atoms with Crippen molar-refractivity contribution in [2.24, 2.45) is 17.8 Å². The Bertz CT molecular complexity index is 1600. The first-order valence-electron chi connectivity index (χ1n) is 12.3. The van der Waals surface area contributed by atoms with Gasteiger partial charge in [0.15, 0.2) is 23.1 Å². The molecule has 0 bridgehead atoms. The average Bonchev–Trinajstić information content (AvgIpc) is 3.17. The van der Waals surface area contributed by atoms with Crippen LogP contribution in [0.3, 0.4) is 0 Å². The third-order valence-corrected chi connectivity index (χ3v) is 8.68. The number of hydrogen-bond acceptors (Lipinski definition) is 7. The van der Waals surface area contributed by atoms with Gasteiger partial charge in [-0.2, -0.15) is 0 Å². The van der Waals surface area contributed by atoms with Crippen LogP contribution in [0.4, 0.5) is 10.1 Å². The number of para-hydroxylation sites is 1. The molecular weight excluding hydrogens is 572 g/mol. The van der Waals surface area contributed by atoms with E-state index in [1.165, 1.54) is 36.4 Å². The van der Waals surface area contributed by atoms with Crippen LogP contribution >= 0.6 is 15.9 Å². The van der Waals surface area contributed by atoms with Crippen LogP contribution in [0, 0.1) is 23.6 Å². The van der Waals surface area contributed by atoms with Gasteiger partial charge >= 0.3 is 7.12 Å². The lowest BCUT2D eigenvalue weighted by molar-refractivity contribution is -0.123. The number of benzene rings is 2. The van der Waals surface area contributed by atoms with Crippen LogP contribution < -0.4 is 10.4 Å². The number of Topliss-reactive ketones (excluding diaryl/α,β-unsaturated/α-hetero) is 1. The Morgan fingerprint density at radius 2 is 1.74 bits per heavy atom. The Morgan fingerprint density at radius 1 is 1.00 bits per heavy atom. The van der Waals surface area contributed by atoms with Gasteiger partial charge in [-0.3, -0.25) is 24.1 Å². The lowest BCUT2D eigenvalue weighted by Crippen LogP contribution is -2.39. The fourth-order valence-electron chi connectivity index (χ4n) is 6.41. The Kier molecular flexibility index (Phi) is 6.05. The molecule has 2 aromatic carbocycles. The van der Waals surface area contributed by atoms with Crippen molar-refractivity contribution >= 4 is 57.6 Å². The van der Waals surface area contributed by atoms with E-state index in [-0.39, 0.29) is 45.2 Å². The number of phenolic OH excluding ortho intramolecular Hbond substituents is 1.